The number of pyridine rings is 1. The monoisotopic (exact) mass is 705 g/mol. The summed E-state index contributed by atoms with van der Waals surface area (Å²) in [6, 6.07) is 12.9. The van der Waals surface area contributed by atoms with Crippen molar-refractivity contribution >= 4 is 5.91 Å². The van der Waals surface area contributed by atoms with Crippen LogP contribution < -0.4 is 15.0 Å². The number of nitrogens with zero attached hydrogens (tertiary/aromatic N) is 5. The van der Waals surface area contributed by atoms with E-state index in [1.807, 2.05) is 45.7 Å². The highest BCUT2D eigenvalue weighted by Gasteiger charge is 2.51. The molecule has 3 aliphatic rings. The highest BCUT2D eigenvalue weighted by Crippen LogP contribution is 2.47. The number of ether oxygens (including phenoxy) is 2. The van der Waals surface area contributed by atoms with Crippen molar-refractivity contribution in [2.24, 2.45) is 12.5 Å². The standard InChI is InChI=1S/C43H55N5O4/c1-10-37-34-13-11-12-30(33(34)14-17-48(37)41(50)32(23-44)22-42(4,5)6)24-47-19-18-46(27-43(47)15-16-43)26-36-38(51-8)20-31(21-39(36)52-9)35-25-45(7)40(49)29(3)28(35)2/h11-13,20-22,25,37H,10,14-19,24,26-27H2,1-9H3. The minimum atomic E-state index is -0.251. The highest BCUT2D eigenvalue weighted by atomic mass is 16.5. The third-order valence-electron chi connectivity index (χ3n) is 11.5. The lowest BCUT2D eigenvalue weighted by molar-refractivity contribution is -0.129. The lowest BCUT2D eigenvalue weighted by Crippen LogP contribution is -2.54. The number of fused-ring (bicyclic) bond motifs is 1. The van der Waals surface area contributed by atoms with Gasteiger partial charge in [-0.2, -0.15) is 5.26 Å². The van der Waals surface area contributed by atoms with Gasteiger partial charge in [0.25, 0.3) is 11.5 Å². The third-order valence-corrected chi connectivity index (χ3v) is 11.5. The number of methoxy groups -OCH3 is 2. The SMILES string of the molecule is CCC1c2cccc(CN3CCN(Cc4c(OC)cc(-c5cn(C)c(=O)c(C)c5C)cc4OC)CC34CC4)c2CCN1C(=O)C(C#N)=CC(C)(C)C. The molecule has 6 rings (SSSR count). The van der Waals surface area contributed by atoms with Gasteiger partial charge < -0.3 is 18.9 Å². The van der Waals surface area contributed by atoms with Gasteiger partial charge in [-0.05, 0) is 84.9 Å². The lowest BCUT2D eigenvalue weighted by Gasteiger charge is -2.43. The first-order valence-corrected chi connectivity index (χ1v) is 18.7. The van der Waals surface area contributed by atoms with Crippen LogP contribution in [0.2, 0.25) is 0 Å². The van der Waals surface area contributed by atoms with Crippen molar-refractivity contribution in [3.8, 4) is 28.7 Å². The Balaban J connectivity index is 1.20. The Labute approximate surface area is 309 Å². The van der Waals surface area contributed by atoms with Crippen LogP contribution in [0.3, 0.4) is 0 Å². The van der Waals surface area contributed by atoms with Gasteiger partial charge in [-0.15, -0.1) is 0 Å². The number of rotatable bonds is 9. The van der Waals surface area contributed by atoms with Crippen molar-refractivity contribution in [1.29, 1.82) is 5.26 Å². The molecule has 1 saturated heterocycles. The van der Waals surface area contributed by atoms with E-state index in [0.29, 0.717) is 6.54 Å². The van der Waals surface area contributed by atoms with Crippen LogP contribution in [-0.4, -0.2) is 71.1 Å². The van der Waals surface area contributed by atoms with E-state index in [2.05, 4.69) is 53.1 Å². The first-order chi connectivity index (χ1) is 24.7. The molecular formula is C43H55N5O4. The van der Waals surface area contributed by atoms with Crippen LogP contribution in [0.4, 0.5) is 0 Å². The number of amides is 1. The molecule has 2 fully saturated rings. The molecule has 3 aromatic rings. The molecule has 1 aliphatic carbocycles. The lowest BCUT2D eigenvalue weighted by atomic mass is 9.86. The molecule has 2 aromatic carbocycles. The molecule has 0 radical (unpaired) electrons. The van der Waals surface area contributed by atoms with Crippen molar-refractivity contribution in [1.82, 2.24) is 19.3 Å². The zero-order valence-electron chi connectivity index (χ0n) is 32.6. The molecule has 0 N–H and O–H groups in total. The molecule has 3 heterocycles. The van der Waals surface area contributed by atoms with Crippen LogP contribution in [0.1, 0.15) is 86.4 Å². The second-order valence-electron chi connectivity index (χ2n) is 16.1. The van der Waals surface area contributed by atoms with Crippen LogP contribution >= 0.6 is 0 Å². The summed E-state index contributed by atoms with van der Waals surface area (Å²) in [7, 11) is 5.22. The maximum atomic E-state index is 13.6. The highest BCUT2D eigenvalue weighted by molar-refractivity contribution is 5.97. The molecule has 2 aliphatic heterocycles. The fraction of sp³-hybridized carbons (Fsp3) is 0.512. The van der Waals surface area contributed by atoms with E-state index >= 15 is 0 Å². The topological polar surface area (TPSA) is 91.0 Å². The number of hydrogen-bond donors (Lipinski definition) is 0. The Hall–Kier alpha value is -4.39. The fourth-order valence-corrected chi connectivity index (χ4v) is 8.48. The summed E-state index contributed by atoms with van der Waals surface area (Å²) in [5.41, 5.74) is 8.79. The molecule has 1 saturated carbocycles. The number of aryl methyl sites for hydroxylation is 1. The Morgan fingerprint density at radius 2 is 1.73 bits per heavy atom. The minimum Gasteiger partial charge on any atom is -0.496 e. The number of nitriles is 1. The van der Waals surface area contributed by atoms with Gasteiger partial charge in [-0.3, -0.25) is 19.4 Å². The summed E-state index contributed by atoms with van der Waals surface area (Å²) in [4.78, 5) is 33.4. The van der Waals surface area contributed by atoms with Crippen molar-refractivity contribution < 1.29 is 14.3 Å². The maximum Gasteiger partial charge on any atom is 0.264 e. The molecule has 52 heavy (non-hydrogen) atoms. The molecular weight excluding hydrogens is 651 g/mol. The summed E-state index contributed by atoms with van der Waals surface area (Å²) in [5.74, 6) is 1.42. The van der Waals surface area contributed by atoms with Crippen LogP contribution in [-0.2, 0) is 31.4 Å². The predicted molar refractivity (Wildman–Crippen MR) is 205 cm³/mol. The van der Waals surface area contributed by atoms with E-state index in [1.165, 1.54) is 29.5 Å². The van der Waals surface area contributed by atoms with Gasteiger partial charge in [0, 0.05) is 69.2 Å². The number of benzene rings is 2. The summed E-state index contributed by atoms with van der Waals surface area (Å²) < 4.78 is 13.6. The van der Waals surface area contributed by atoms with Gasteiger partial charge in [0.05, 0.1) is 25.8 Å². The molecule has 1 atom stereocenters. The second-order valence-corrected chi connectivity index (χ2v) is 16.1. The van der Waals surface area contributed by atoms with Gasteiger partial charge in [0.1, 0.15) is 23.1 Å². The number of hydrogen-bond acceptors (Lipinski definition) is 7. The summed E-state index contributed by atoms with van der Waals surface area (Å²) >= 11 is 0. The number of carbonyl (C=O) groups excluding carboxylic acids is 1. The van der Waals surface area contributed by atoms with Crippen LogP contribution in [0, 0.1) is 30.6 Å². The van der Waals surface area contributed by atoms with E-state index in [0.717, 1.165) is 84.9 Å². The van der Waals surface area contributed by atoms with Gasteiger partial charge in [-0.25, -0.2) is 0 Å². The van der Waals surface area contributed by atoms with E-state index in [9.17, 15) is 14.9 Å². The quantitative estimate of drug-likeness (QED) is 0.177. The zero-order chi connectivity index (χ0) is 37.5. The minimum absolute atomic E-state index is 0.0141. The second kappa shape index (κ2) is 14.6. The molecule has 9 nitrogen and oxygen atoms in total. The van der Waals surface area contributed by atoms with Crippen molar-refractivity contribution in [3.05, 3.63) is 91.9 Å². The van der Waals surface area contributed by atoms with Gasteiger partial charge in [0.15, 0.2) is 0 Å². The zero-order valence-corrected chi connectivity index (χ0v) is 32.6. The normalized spacial score (nSPS) is 19.0. The third kappa shape index (κ3) is 7.16. The average molecular weight is 706 g/mol. The molecule has 1 aromatic heterocycles. The largest absolute Gasteiger partial charge is 0.496 e. The van der Waals surface area contributed by atoms with Crippen molar-refractivity contribution in [2.75, 3.05) is 40.4 Å². The van der Waals surface area contributed by atoms with Gasteiger partial charge in [0.2, 0.25) is 0 Å². The van der Waals surface area contributed by atoms with Crippen LogP contribution in [0.15, 0.2) is 53.0 Å². The van der Waals surface area contributed by atoms with E-state index in [4.69, 9.17) is 9.47 Å². The molecule has 1 spiro atoms. The number of piperazine rings is 1. The van der Waals surface area contributed by atoms with E-state index in [-0.39, 0.29) is 34.0 Å². The first-order valence-electron chi connectivity index (χ1n) is 18.7. The predicted octanol–water partition coefficient (Wildman–Crippen LogP) is 6.87. The maximum absolute atomic E-state index is 13.6. The summed E-state index contributed by atoms with van der Waals surface area (Å²) in [5, 5.41) is 9.87. The summed E-state index contributed by atoms with van der Waals surface area (Å²) in [6.45, 7) is 17.2. The van der Waals surface area contributed by atoms with Crippen LogP contribution in [0.25, 0.3) is 11.1 Å². The Kier molecular flexibility index (Phi) is 10.5. The number of carbonyl (C=O) groups is 1. The molecule has 276 valence electrons. The molecule has 9 heteroatoms. The molecule has 1 unspecified atom stereocenters. The number of aromatic nitrogens is 1. The van der Waals surface area contributed by atoms with Crippen molar-refractivity contribution in [3.63, 3.8) is 0 Å². The Bertz CT molecular complexity index is 1970. The average Bonchev–Trinajstić information content (AvgIpc) is 3.90. The number of allylic oxidation sites excluding steroid dienone is 1. The molecule has 0 bridgehead atoms. The van der Waals surface area contributed by atoms with E-state index in [1.54, 1.807) is 31.9 Å². The Morgan fingerprint density at radius 1 is 1.04 bits per heavy atom. The fourth-order valence-electron chi connectivity index (χ4n) is 8.48. The first kappa shape index (κ1) is 37.4. The smallest absolute Gasteiger partial charge is 0.264 e. The van der Waals surface area contributed by atoms with Crippen LogP contribution in [0.5, 0.6) is 11.5 Å². The van der Waals surface area contributed by atoms with E-state index < -0.39 is 0 Å². The summed E-state index contributed by atoms with van der Waals surface area (Å²) in [6.07, 6.45) is 7.65. The van der Waals surface area contributed by atoms with Gasteiger partial charge >= 0.3 is 0 Å². The van der Waals surface area contributed by atoms with Gasteiger partial charge in [-0.1, -0.05) is 52.0 Å². The van der Waals surface area contributed by atoms with Crippen molar-refractivity contribution in [2.45, 2.75) is 91.9 Å². The Morgan fingerprint density at radius 3 is 2.33 bits per heavy atom. The molecule has 1 amide bonds.